The summed E-state index contributed by atoms with van der Waals surface area (Å²) in [5.74, 6) is -0.276. The summed E-state index contributed by atoms with van der Waals surface area (Å²) in [5.41, 5.74) is 4.46. The minimum Gasteiger partial charge on any atom is -0.350 e. The van der Waals surface area contributed by atoms with Crippen molar-refractivity contribution >= 4 is 28.6 Å². The van der Waals surface area contributed by atoms with E-state index in [4.69, 9.17) is 0 Å². The number of fused-ring (bicyclic) bond motifs is 1. The summed E-state index contributed by atoms with van der Waals surface area (Å²) >= 11 is 0. The van der Waals surface area contributed by atoms with Crippen LogP contribution < -0.4 is 5.32 Å². The van der Waals surface area contributed by atoms with E-state index in [1.165, 1.54) is 11.1 Å². The number of benzene rings is 2. The molecule has 0 saturated carbocycles. The van der Waals surface area contributed by atoms with Crippen molar-refractivity contribution in [3.8, 4) is 0 Å². The molecule has 1 aromatic heterocycles. The molecule has 3 saturated heterocycles. The molecule has 0 aliphatic carbocycles. The van der Waals surface area contributed by atoms with Crippen molar-refractivity contribution in [3.05, 3.63) is 65.4 Å². The lowest BCUT2D eigenvalue weighted by Crippen LogP contribution is -2.60. The summed E-state index contributed by atoms with van der Waals surface area (Å²) in [5, 5.41) is 8.50. The molecule has 9 heteroatoms. The van der Waals surface area contributed by atoms with Crippen LogP contribution >= 0.6 is 0 Å². The number of piperidine rings is 1. The Morgan fingerprint density at radius 3 is 2.45 bits per heavy atom. The van der Waals surface area contributed by atoms with Gasteiger partial charge in [-0.3, -0.25) is 24.0 Å². The van der Waals surface area contributed by atoms with Crippen molar-refractivity contribution in [2.75, 3.05) is 32.7 Å². The second kappa shape index (κ2) is 13.1. The number of rotatable bonds is 8. The van der Waals surface area contributed by atoms with E-state index in [0.29, 0.717) is 26.1 Å². The zero-order chi connectivity index (χ0) is 30.8. The average molecular weight is 599 g/mol. The molecule has 0 spiro atoms. The van der Waals surface area contributed by atoms with Crippen molar-refractivity contribution in [2.45, 2.75) is 71.0 Å². The first kappa shape index (κ1) is 30.3. The first-order valence-corrected chi connectivity index (χ1v) is 16.4. The Kier molecular flexibility index (Phi) is 9.03. The van der Waals surface area contributed by atoms with Crippen LogP contribution in [0.2, 0.25) is 0 Å². The first-order chi connectivity index (χ1) is 21.3. The van der Waals surface area contributed by atoms with Crippen molar-refractivity contribution in [1.29, 1.82) is 0 Å². The van der Waals surface area contributed by atoms with Gasteiger partial charge in [0.25, 0.3) is 0 Å². The van der Waals surface area contributed by atoms with Gasteiger partial charge in [0.15, 0.2) is 0 Å². The fourth-order valence-electron chi connectivity index (χ4n) is 7.60. The van der Waals surface area contributed by atoms with E-state index in [2.05, 4.69) is 59.5 Å². The van der Waals surface area contributed by atoms with Crippen LogP contribution in [0.5, 0.6) is 0 Å². The summed E-state index contributed by atoms with van der Waals surface area (Å²) in [6.07, 6.45) is 6.92. The van der Waals surface area contributed by atoms with Gasteiger partial charge in [-0.1, -0.05) is 42.8 Å². The molecule has 6 rings (SSSR count). The van der Waals surface area contributed by atoms with E-state index in [-0.39, 0.29) is 29.6 Å². The number of carbonyl (C=O) groups is 3. The van der Waals surface area contributed by atoms with Crippen LogP contribution in [0.25, 0.3) is 10.9 Å². The minimum absolute atomic E-state index is 0.0626. The van der Waals surface area contributed by atoms with Crippen LogP contribution in [0, 0.1) is 18.8 Å². The van der Waals surface area contributed by atoms with Gasteiger partial charge in [0, 0.05) is 38.6 Å². The Labute approximate surface area is 260 Å². The number of aryl methyl sites for hydroxylation is 2. The topological polar surface area (TPSA) is 90.8 Å². The number of likely N-dealkylation sites (tertiary alicyclic amines) is 3. The Morgan fingerprint density at radius 2 is 1.70 bits per heavy atom. The molecule has 3 aromatic rings. The normalized spacial score (nSPS) is 24.2. The molecule has 4 atom stereocenters. The van der Waals surface area contributed by atoms with E-state index in [1.807, 2.05) is 39.9 Å². The van der Waals surface area contributed by atoms with Gasteiger partial charge in [-0.05, 0) is 87.7 Å². The Bertz CT molecular complexity index is 1490. The van der Waals surface area contributed by atoms with Crippen molar-refractivity contribution in [2.24, 2.45) is 18.9 Å². The third-order valence-corrected chi connectivity index (χ3v) is 10.0. The largest absolute Gasteiger partial charge is 0.350 e. The average Bonchev–Trinajstić information content (AvgIpc) is 3.81. The molecular weight excluding hydrogens is 552 g/mol. The van der Waals surface area contributed by atoms with Crippen molar-refractivity contribution in [3.63, 3.8) is 0 Å². The molecule has 0 radical (unpaired) electrons. The third-order valence-electron chi connectivity index (χ3n) is 10.0. The number of nitrogens with one attached hydrogen (secondary N) is 1. The molecule has 4 heterocycles. The lowest BCUT2D eigenvalue weighted by Gasteiger charge is -2.42. The highest BCUT2D eigenvalue weighted by atomic mass is 16.2. The predicted molar refractivity (Wildman–Crippen MR) is 171 cm³/mol. The Morgan fingerprint density at radius 1 is 0.955 bits per heavy atom. The lowest BCUT2D eigenvalue weighted by atomic mass is 9.86. The fourth-order valence-corrected chi connectivity index (χ4v) is 7.60. The van der Waals surface area contributed by atoms with Gasteiger partial charge in [0.1, 0.15) is 12.1 Å². The first-order valence-electron chi connectivity index (χ1n) is 16.4. The van der Waals surface area contributed by atoms with E-state index in [9.17, 15) is 14.4 Å². The summed E-state index contributed by atoms with van der Waals surface area (Å²) in [7, 11) is 1.91. The summed E-state index contributed by atoms with van der Waals surface area (Å²) in [4.78, 5) is 48.2. The standard InChI is InChI=1S/C35H46N6O3/c1-4-39-17-7-8-29(34(43)40-15-5-6-16-40)32(39)35(44)41-23-27(18-25-11-9-24(2)10-12-25)20-31(41)33(42)36-21-26-13-14-30-28(19-26)22-37-38(30)3/h9-14,19,22,27,29,31-32H,4-8,15-18,20-21,23H2,1-3H3,(H,36,42)/t27-,29+,31+,32-/m1/s1. The van der Waals surface area contributed by atoms with Crippen molar-refractivity contribution in [1.82, 2.24) is 29.8 Å². The van der Waals surface area contributed by atoms with Crippen LogP contribution in [-0.2, 0) is 34.4 Å². The zero-order valence-corrected chi connectivity index (χ0v) is 26.4. The van der Waals surface area contributed by atoms with Gasteiger partial charge in [0.05, 0.1) is 17.6 Å². The molecule has 2 aromatic carbocycles. The molecule has 3 aliphatic heterocycles. The summed E-state index contributed by atoms with van der Waals surface area (Å²) in [6, 6.07) is 13.5. The van der Waals surface area contributed by atoms with Gasteiger partial charge in [-0.15, -0.1) is 0 Å². The molecule has 0 bridgehead atoms. The minimum atomic E-state index is -0.566. The van der Waals surface area contributed by atoms with Gasteiger partial charge in [-0.2, -0.15) is 5.10 Å². The van der Waals surface area contributed by atoms with Crippen LogP contribution in [0.15, 0.2) is 48.7 Å². The number of likely N-dealkylation sites (N-methyl/N-ethyl adjacent to an activating group) is 1. The highest BCUT2D eigenvalue weighted by Crippen LogP contribution is 2.33. The molecular formula is C35H46N6O3. The summed E-state index contributed by atoms with van der Waals surface area (Å²) in [6.45, 7) is 8.10. The van der Waals surface area contributed by atoms with Gasteiger partial charge in [0.2, 0.25) is 17.7 Å². The van der Waals surface area contributed by atoms with Crippen LogP contribution in [0.1, 0.15) is 55.7 Å². The molecule has 3 aliphatic rings. The number of hydrogen-bond acceptors (Lipinski definition) is 5. The van der Waals surface area contributed by atoms with E-state index < -0.39 is 12.1 Å². The van der Waals surface area contributed by atoms with E-state index in [0.717, 1.165) is 68.2 Å². The maximum atomic E-state index is 14.6. The summed E-state index contributed by atoms with van der Waals surface area (Å²) < 4.78 is 1.83. The lowest BCUT2D eigenvalue weighted by molar-refractivity contribution is -0.152. The predicted octanol–water partition coefficient (Wildman–Crippen LogP) is 3.68. The van der Waals surface area contributed by atoms with E-state index >= 15 is 0 Å². The van der Waals surface area contributed by atoms with Crippen LogP contribution in [-0.4, -0.2) is 87.0 Å². The molecule has 234 valence electrons. The van der Waals surface area contributed by atoms with Gasteiger partial charge >= 0.3 is 0 Å². The highest BCUT2D eigenvalue weighted by Gasteiger charge is 2.48. The monoisotopic (exact) mass is 598 g/mol. The van der Waals surface area contributed by atoms with Crippen molar-refractivity contribution < 1.29 is 14.4 Å². The SMILES string of the molecule is CCN1CCC[C@H](C(=O)N2CCCC2)[C@@H]1C(=O)N1C[C@H](Cc2ccc(C)cc2)C[C@H]1C(=O)NCc1ccc2c(cnn2C)c1. The fraction of sp³-hybridized carbons (Fsp3) is 0.543. The third kappa shape index (κ3) is 6.25. The smallest absolute Gasteiger partial charge is 0.243 e. The number of nitrogens with zero attached hydrogens (tertiary/aromatic N) is 5. The molecule has 0 unspecified atom stereocenters. The van der Waals surface area contributed by atoms with E-state index in [1.54, 1.807) is 0 Å². The quantitative estimate of drug-likeness (QED) is 0.427. The molecule has 44 heavy (non-hydrogen) atoms. The number of amides is 3. The van der Waals surface area contributed by atoms with Crippen LogP contribution in [0.3, 0.4) is 0 Å². The number of aromatic nitrogens is 2. The Hall–Kier alpha value is -3.72. The van der Waals surface area contributed by atoms with Gasteiger partial charge < -0.3 is 15.1 Å². The zero-order valence-electron chi connectivity index (χ0n) is 26.4. The molecule has 9 nitrogen and oxygen atoms in total. The maximum Gasteiger partial charge on any atom is 0.243 e. The second-order valence-corrected chi connectivity index (χ2v) is 13.0. The Balaban J connectivity index is 1.23. The maximum absolute atomic E-state index is 14.6. The van der Waals surface area contributed by atoms with Crippen LogP contribution in [0.4, 0.5) is 0 Å². The molecule has 3 amide bonds. The molecule has 3 fully saturated rings. The second-order valence-electron chi connectivity index (χ2n) is 13.0. The number of carbonyl (C=O) groups excluding carboxylic acids is 3. The highest BCUT2D eigenvalue weighted by molar-refractivity contribution is 5.94. The van der Waals surface area contributed by atoms with Gasteiger partial charge in [-0.25, -0.2) is 0 Å². The number of hydrogen-bond donors (Lipinski definition) is 1. The molecule has 1 N–H and O–H groups in total.